The Kier molecular flexibility index (Phi) is 5.95. The molecule has 1 aromatic heterocycles. The monoisotopic (exact) mass is 494 g/mol. The molecule has 4 aliphatic carbocycles. The van der Waals surface area contributed by atoms with Crippen LogP contribution in [-0.2, 0) is 13.1 Å². The molecule has 0 saturated heterocycles. The maximum atomic E-state index is 6.43. The van der Waals surface area contributed by atoms with Gasteiger partial charge in [0.1, 0.15) is 11.4 Å². The highest BCUT2D eigenvalue weighted by Gasteiger charge is 2.52. The maximum absolute atomic E-state index is 6.43. The van der Waals surface area contributed by atoms with Crippen LogP contribution in [0.3, 0.4) is 0 Å². The Morgan fingerprint density at radius 2 is 1.65 bits per heavy atom. The van der Waals surface area contributed by atoms with Gasteiger partial charge in [-0.15, -0.1) is 0 Å². The first-order valence-corrected chi connectivity index (χ1v) is 13.4. The lowest BCUT2D eigenvalue weighted by Gasteiger charge is -2.59. The summed E-state index contributed by atoms with van der Waals surface area (Å²) in [6, 6.07) is 16.4. The Balaban J connectivity index is 1.24. The zero-order valence-corrected chi connectivity index (χ0v) is 21.2. The van der Waals surface area contributed by atoms with E-state index in [0.717, 1.165) is 46.8 Å². The summed E-state index contributed by atoms with van der Waals surface area (Å²) in [6.07, 6.45) is 8.64. The maximum Gasteiger partial charge on any atom is 0.117 e. The number of rotatable bonds is 7. The average molecular weight is 495 g/mol. The molecule has 4 bridgehead atoms. The van der Waals surface area contributed by atoms with E-state index < -0.39 is 0 Å². The highest BCUT2D eigenvalue weighted by atomic mass is 35.5. The smallest absolute Gasteiger partial charge is 0.117 e. The van der Waals surface area contributed by atoms with Gasteiger partial charge in [0, 0.05) is 28.2 Å². The molecule has 2 aromatic carbocycles. The van der Waals surface area contributed by atoms with E-state index in [4.69, 9.17) is 33.4 Å². The quantitative estimate of drug-likeness (QED) is 0.384. The molecular weight excluding hydrogens is 463 g/mol. The largest absolute Gasteiger partial charge is 0.308 e. The number of nitrogens with zero attached hydrogens (tertiary/aromatic N) is 3. The molecule has 4 aliphatic rings. The third-order valence-corrected chi connectivity index (χ3v) is 9.27. The summed E-state index contributed by atoms with van der Waals surface area (Å²) in [5, 5.41) is 15.0. The van der Waals surface area contributed by atoms with Crippen molar-refractivity contribution in [3.05, 3.63) is 69.8 Å². The van der Waals surface area contributed by atoms with E-state index in [1.807, 2.05) is 18.2 Å². The minimum Gasteiger partial charge on any atom is -0.308 e. The number of benzene rings is 2. The topological polar surface area (TPSA) is 42.7 Å². The molecule has 4 nitrogen and oxygen atoms in total. The van der Waals surface area contributed by atoms with Crippen LogP contribution in [0.2, 0.25) is 10.0 Å². The minimum absolute atomic E-state index is 0.467. The summed E-state index contributed by atoms with van der Waals surface area (Å²) >= 11 is 12.5. The molecule has 178 valence electrons. The van der Waals surface area contributed by atoms with Crippen LogP contribution in [0.25, 0.3) is 11.3 Å². The van der Waals surface area contributed by atoms with E-state index in [-0.39, 0.29) is 0 Å². The lowest BCUT2D eigenvalue weighted by atomic mass is 9.48. The Morgan fingerprint density at radius 1 is 0.971 bits per heavy atom. The van der Waals surface area contributed by atoms with Crippen molar-refractivity contribution in [2.75, 3.05) is 0 Å². The van der Waals surface area contributed by atoms with E-state index in [0.29, 0.717) is 28.0 Å². The van der Waals surface area contributed by atoms with Gasteiger partial charge in [-0.3, -0.25) is 0 Å². The van der Waals surface area contributed by atoms with Gasteiger partial charge in [-0.05, 0) is 86.3 Å². The van der Waals surface area contributed by atoms with Crippen molar-refractivity contribution in [1.82, 2.24) is 20.3 Å². The van der Waals surface area contributed by atoms with Crippen LogP contribution in [0, 0.1) is 23.2 Å². The minimum atomic E-state index is 0.467. The molecule has 1 atom stereocenters. The molecule has 0 unspecified atom stereocenters. The molecule has 3 aromatic rings. The third kappa shape index (κ3) is 4.29. The van der Waals surface area contributed by atoms with Gasteiger partial charge in [0.15, 0.2) is 0 Å². The van der Waals surface area contributed by atoms with E-state index in [1.165, 1.54) is 38.5 Å². The molecule has 6 heteroatoms. The molecule has 4 saturated carbocycles. The second kappa shape index (κ2) is 8.96. The normalized spacial score (nSPS) is 28.4. The number of halogens is 2. The van der Waals surface area contributed by atoms with Crippen LogP contribution < -0.4 is 5.32 Å². The highest BCUT2D eigenvalue weighted by molar-refractivity contribution is 6.35. The molecular formula is C28H32Cl2N4. The Hall–Kier alpha value is -1.88. The third-order valence-electron chi connectivity index (χ3n) is 8.68. The van der Waals surface area contributed by atoms with Crippen molar-refractivity contribution in [2.24, 2.45) is 23.2 Å². The van der Waals surface area contributed by atoms with Crippen LogP contribution in [-0.4, -0.2) is 21.0 Å². The Labute approximate surface area is 212 Å². The summed E-state index contributed by atoms with van der Waals surface area (Å²) in [5.74, 6) is 2.88. The summed E-state index contributed by atoms with van der Waals surface area (Å²) in [4.78, 5) is 1.77. The lowest BCUT2D eigenvalue weighted by molar-refractivity contribution is -0.0707. The zero-order valence-electron chi connectivity index (χ0n) is 19.7. The number of nitrogens with one attached hydrogen (secondary N) is 1. The van der Waals surface area contributed by atoms with Crippen molar-refractivity contribution in [2.45, 2.75) is 64.6 Å². The van der Waals surface area contributed by atoms with Crippen LogP contribution >= 0.6 is 23.2 Å². The van der Waals surface area contributed by atoms with Gasteiger partial charge in [-0.1, -0.05) is 59.6 Å². The summed E-state index contributed by atoms with van der Waals surface area (Å²) in [6.45, 7) is 3.65. The predicted octanol–water partition coefficient (Wildman–Crippen LogP) is 6.99. The van der Waals surface area contributed by atoms with Crippen molar-refractivity contribution < 1.29 is 0 Å². The standard InChI is InChI=1S/C28H32Cl2N4/c1-18(28-13-19-9-20(14-28)11-21(10-19)15-28)31-16-26-27(22-5-3-2-4-6-22)33-34(32-26)17-23-7-8-24(29)12-25(23)30/h2-8,12,18-21,31H,9-11,13-17H2,1H3/t18-,19?,20?,21?,28?/m0/s1. The van der Waals surface area contributed by atoms with Gasteiger partial charge in [0.25, 0.3) is 0 Å². The van der Waals surface area contributed by atoms with Crippen molar-refractivity contribution in [3.8, 4) is 11.3 Å². The first kappa shape index (κ1) is 22.6. The first-order chi connectivity index (χ1) is 16.5. The number of hydrogen-bond acceptors (Lipinski definition) is 3. The second-order valence-electron chi connectivity index (χ2n) is 11.0. The fraction of sp³-hybridized carbons (Fsp3) is 0.500. The highest BCUT2D eigenvalue weighted by Crippen LogP contribution is 2.61. The van der Waals surface area contributed by atoms with Crippen molar-refractivity contribution in [1.29, 1.82) is 0 Å². The Morgan fingerprint density at radius 3 is 2.29 bits per heavy atom. The summed E-state index contributed by atoms with van der Waals surface area (Å²) in [7, 11) is 0. The van der Waals surface area contributed by atoms with Gasteiger partial charge in [-0.25, -0.2) is 0 Å². The van der Waals surface area contributed by atoms with E-state index in [1.54, 1.807) is 10.9 Å². The SMILES string of the molecule is C[C@H](NCc1nn(Cc2ccc(Cl)cc2Cl)nc1-c1ccccc1)C12CC3CC(CC(C3)C1)C2. The summed E-state index contributed by atoms with van der Waals surface area (Å²) in [5.41, 5.74) is 4.45. The number of hydrogen-bond donors (Lipinski definition) is 1. The molecule has 34 heavy (non-hydrogen) atoms. The molecule has 0 spiro atoms. The van der Waals surface area contributed by atoms with Gasteiger partial charge >= 0.3 is 0 Å². The van der Waals surface area contributed by atoms with E-state index >= 15 is 0 Å². The van der Waals surface area contributed by atoms with Crippen molar-refractivity contribution in [3.63, 3.8) is 0 Å². The molecule has 0 aliphatic heterocycles. The van der Waals surface area contributed by atoms with Gasteiger partial charge in [0.05, 0.1) is 6.54 Å². The molecule has 4 fully saturated rings. The van der Waals surface area contributed by atoms with Crippen LogP contribution in [0.5, 0.6) is 0 Å². The van der Waals surface area contributed by atoms with Gasteiger partial charge in [-0.2, -0.15) is 15.0 Å². The number of aromatic nitrogens is 3. The molecule has 7 rings (SSSR count). The second-order valence-corrected chi connectivity index (χ2v) is 11.9. The van der Waals surface area contributed by atoms with Crippen molar-refractivity contribution >= 4 is 23.2 Å². The van der Waals surface area contributed by atoms with Crippen LogP contribution in [0.15, 0.2) is 48.5 Å². The molecule has 1 N–H and O–H groups in total. The fourth-order valence-corrected chi connectivity index (χ4v) is 7.84. The molecule has 0 amide bonds. The molecule has 1 heterocycles. The van der Waals surface area contributed by atoms with E-state index in [2.05, 4.69) is 36.5 Å². The van der Waals surface area contributed by atoms with Crippen LogP contribution in [0.1, 0.15) is 56.7 Å². The van der Waals surface area contributed by atoms with Gasteiger partial charge in [0.2, 0.25) is 0 Å². The summed E-state index contributed by atoms with van der Waals surface area (Å²) < 4.78 is 0. The fourth-order valence-electron chi connectivity index (χ4n) is 7.37. The Bertz CT molecular complexity index is 1140. The average Bonchev–Trinajstić information content (AvgIpc) is 3.22. The molecule has 0 radical (unpaired) electrons. The predicted molar refractivity (Wildman–Crippen MR) is 138 cm³/mol. The van der Waals surface area contributed by atoms with Gasteiger partial charge < -0.3 is 5.32 Å². The van der Waals surface area contributed by atoms with Crippen LogP contribution in [0.4, 0.5) is 0 Å². The lowest BCUT2D eigenvalue weighted by Crippen LogP contribution is -2.54. The zero-order chi connectivity index (χ0) is 23.3. The van der Waals surface area contributed by atoms with E-state index in [9.17, 15) is 0 Å². The first-order valence-electron chi connectivity index (χ1n) is 12.6.